The molecule has 0 saturated heterocycles. The molecule has 122 valence electrons. The molecule has 0 saturated carbocycles. The first kappa shape index (κ1) is 16.1. The van der Waals surface area contributed by atoms with Gasteiger partial charge in [0, 0.05) is 11.5 Å². The molecule has 3 aromatic rings. The SMILES string of the molecule is Cc1cc(Oc2ccccc2/C(=N/O)c2nnnn2C)ccc1Br. The minimum Gasteiger partial charge on any atom is -0.457 e. The molecule has 0 atom stereocenters. The number of benzene rings is 2. The van der Waals surface area contributed by atoms with Gasteiger partial charge in [0.2, 0.25) is 5.82 Å². The highest BCUT2D eigenvalue weighted by molar-refractivity contribution is 9.10. The monoisotopic (exact) mass is 387 g/mol. The number of halogens is 1. The van der Waals surface area contributed by atoms with Crippen LogP contribution in [0.4, 0.5) is 0 Å². The Kier molecular flexibility index (Phi) is 4.57. The minimum absolute atomic E-state index is 0.229. The molecule has 0 unspecified atom stereocenters. The van der Waals surface area contributed by atoms with Crippen LogP contribution >= 0.6 is 15.9 Å². The number of hydrogen-bond donors (Lipinski definition) is 1. The van der Waals surface area contributed by atoms with Gasteiger partial charge in [0.1, 0.15) is 11.5 Å². The fourth-order valence-corrected chi connectivity index (χ4v) is 2.45. The van der Waals surface area contributed by atoms with Gasteiger partial charge in [-0.05, 0) is 53.2 Å². The summed E-state index contributed by atoms with van der Waals surface area (Å²) < 4.78 is 8.41. The van der Waals surface area contributed by atoms with Gasteiger partial charge in [-0.15, -0.1) is 5.10 Å². The van der Waals surface area contributed by atoms with E-state index < -0.39 is 0 Å². The van der Waals surface area contributed by atoms with Crippen molar-refractivity contribution in [2.24, 2.45) is 12.2 Å². The van der Waals surface area contributed by atoms with Crippen molar-refractivity contribution in [1.82, 2.24) is 20.2 Å². The largest absolute Gasteiger partial charge is 0.457 e. The molecule has 0 fully saturated rings. The Morgan fingerprint density at radius 3 is 2.71 bits per heavy atom. The number of oxime groups is 1. The van der Waals surface area contributed by atoms with Gasteiger partial charge in [-0.1, -0.05) is 33.2 Å². The summed E-state index contributed by atoms with van der Waals surface area (Å²) in [5, 5.41) is 24.1. The smallest absolute Gasteiger partial charge is 0.204 e. The van der Waals surface area contributed by atoms with E-state index in [0.29, 0.717) is 22.9 Å². The first-order valence-electron chi connectivity index (χ1n) is 7.08. The van der Waals surface area contributed by atoms with Crippen molar-refractivity contribution in [2.45, 2.75) is 6.92 Å². The van der Waals surface area contributed by atoms with Crippen LogP contribution in [-0.2, 0) is 7.05 Å². The number of ether oxygens (including phenoxy) is 1. The Labute approximate surface area is 146 Å². The summed E-state index contributed by atoms with van der Waals surface area (Å²) in [5.41, 5.74) is 1.86. The van der Waals surface area contributed by atoms with Crippen LogP contribution in [0.1, 0.15) is 17.0 Å². The van der Waals surface area contributed by atoms with E-state index in [4.69, 9.17) is 4.74 Å². The lowest BCUT2D eigenvalue weighted by Crippen LogP contribution is -2.12. The van der Waals surface area contributed by atoms with E-state index in [1.165, 1.54) is 4.68 Å². The lowest BCUT2D eigenvalue weighted by molar-refractivity contribution is 0.319. The molecule has 8 heteroatoms. The molecule has 3 rings (SSSR count). The van der Waals surface area contributed by atoms with Crippen LogP contribution in [0.3, 0.4) is 0 Å². The number of rotatable bonds is 4. The summed E-state index contributed by atoms with van der Waals surface area (Å²) in [7, 11) is 1.67. The van der Waals surface area contributed by atoms with E-state index in [1.54, 1.807) is 19.2 Å². The van der Waals surface area contributed by atoms with Crippen molar-refractivity contribution in [1.29, 1.82) is 0 Å². The van der Waals surface area contributed by atoms with Crippen LogP contribution in [0.15, 0.2) is 52.1 Å². The molecule has 7 nitrogen and oxygen atoms in total. The van der Waals surface area contributed by atoms with Crippen molar-refractivity contribution in [3.63, 3.8) is 0 Å². The average Bonchev–Trinajstić information content (AvgIpc) is 2.99. The first-order chi connectivity index (χ1) is 11.6. The van der Waals surface area contributed by atoms with Crippen molar-refractivity contribution in [3.8, 4) is 11.5 Å². The zero-order valence-corrected chi connectivity index (χ0v) is 14.6. The van der Waals surface area contributed by atoms with E-state index in [0.717, 1.165) is 10.0 Å². The van der Waals surface area contributed by atoms with Crippen LogP contribution in [0.5, 0.6) is 11.5 Å². The Balaban J connectivity index is 2.01. The summed E-state index contributed by atoms with van der Waals surface area (Å²) in [6.45, 7) is 1.98. The first-order valence-corrected chi connectivity index (χ1v) is 7.87. The number of para-hydroxylation sites is 1. The number of hydrogen-bond acceptors (Lipinski definition) is 6. The number of aryl methyl sites for hydroxylation is 2. The molecule has 0 aliphatic rings. The lowest BCUT2D eigenvalue weighted by Gasteiger charge is -2.12. The second kappa shape index (κ2) is 6.79. The Bertz CT molecular complexity index is 907. The van der Waals surface area contributed by atoms with Gasteiger partial charge >= 0.3 is 0 Å². The van der Waals surface area contributed by atoms with E-state index in [-0.39, 0.29) is 5.71 Å². The van der Waals surface area contributed by atoms with Crippen molar-refractivity contribution in [3.05, 3.63) is 63.9 Å². The highest BCUT2D eigenvalue weighted by Crippen LogP contribution is 2.29. The molecule has 0 bridgehead atoms. The lowest BCUT2D eigenvalue weighted by atomic mass is 10.1. The number of nitrogens with zero attached hydrogens (tertiary/aromatic N) is 5. The van der Waals surface area contributed by atoms with Crippen molar-refractivity contribution in [2.75, 3.05) is 0 Å². The van der Waals surface area contributed by atoms with Gasteiger partial charge < -0.3 is 9.94 Å². The maximum absolute atomic E-state index is 9.46. The topological polar surface area (TPSA) is 85.4 Å². The summed E-state index contributed by atoms with van der Waals surface area (Å²) in [6.07, 6.45) is 0. The van der Waals surface area contributed by atoms with E-state index >= 15 is 0 Å². The number of aromatic nitrogens is 4. The third-order valence-electron chi connectivity index (χ3n) is 3.43. The number of tetrazole rings is 1. The molecule has 1 heterocycles. The van der Waals surface area contributed by atoms with Crippen LogP contribution < -0.4 is 4.74 Å². The standard InChI is InChI=1S/C16H14BrN5O2/c1-10-9-11(7-8-13(10)17)24-14-6-4-3-5-12(14)15(19-23)16-18-20-21-22(16)2/h3-9,23H,1-2H3/b19-15-. The van der Waals surface area contributed by atoms with Crippen LogP contribution in [0.2, 0.25) is 0 Å². The van der Waals surface area contributed by atoms with E-state index in [9.17, 15) is 5.21 Å². The summed E-state index contributed by atoms with van der Waals surface area (Å²) in [6, 6.07) is 12.9. The molecule has 24 heavy (non-hydrogen) atoms. The predicted molar refractivity (Wildman–Crippen MR) is 91.6 cm³/mol. The molecular formula is C16H14BrN5O2. The van der Waals surface area contributed by atoms with Crippen molar-refractivity contribution >= 4 is 21.6 Å². The molecular weight excluding hydrogens is 374 g/mol. The van der Waals surface area contributed by atoms with E-state index in [2.05, 4.69) is 36.6 Å². The predicted octanol–water partition coefficient (Wildman–Crippen LogP) is 3.30. The molecule has 1 N–H and O–H groups in total. The van der Waals surface area contributed by atoms with Crippen LogP contribution in [0, 0.1) is 6.92 Å². The summed E-state index contributed by atoms with van der Waals surface area (Å²) in [5.74, 6) is 1.55. The molecule has 0 aliphatic heterocycles. The third-order valence-corrected chi connectivity index (χ3v) is 4.32. The second-order valence-electron chi connectivity index (χ2n) is 5.08. The highest BCUT2D eigenvalue weighted by Gasteiger charge is 2.19. The van der Waals surface area contributed by atoms with Gasteiger partial charge in [-0.2, -0.15) is 0 Å². The Hall–Kier alpha value is -2.74. The van der Waals surface area contributed by atoms with Gasteiger partial charge in [-0.3, -0.25) is 0 Å². The Morgan fingerprint density at radius 1 is 1.25 bits per heavy atom. The second-order valence-corrected chi connectivity index (χ2v) is 5.94. The highest BCUT2D eigenvalue weighted by atomic mass is 79.9. The summed E-state index contributed by atoms with van der Waals surface area (Å²) in [4.78, 5) is 0. The fraction of sp³-hybridized carbons (Fsp3) is 0.125. The third kappa shape index (κ3) is 3.13. The minimum atomic E-state index is 0.229. The van der Waals surface area contributed by atoms with Crippen LogP contribution in [-0.4, -0.2) is 31.1 Å². The van der Waals surface area contributed by atoms with Gasteiger partial charge in [-0.25, -0.2) is 4.68 Å². The average molecular weight is 388 g/mol. The molecule has 1 aromatic heterocycles. The molecule has 0 aliphatic carbocycles. The zero-order chi connectivity index (χ0) is 17.1. The van der Waals surface area contributed by atoms with E-state index in [1.807, 2.05) is 37.3 Å². The fourth-order valence-electron chi connectivity index (χ4n) is 2.21. The molecule has 0 spiro atoms. The van der Waals surface area contributed by atoms with Gasteiger partial charge in [0.15, 0.2) is 5.71 Å². The normalized spacial score (nSPS) is 11.5. The van der Waals surface area contributed by atoms with Gasteiger partial charge in [0.05, 0.1) is 5.56 Å². The van der Waals surface area contributed by atoms with Crippen LogP contribution in [0.25, 0.3) is 0 Å². The Morgan fingerprint density at radius 2 is 2.04 bits per heavy atom. The molecule has 0 amide bonds. The van der Waals surface area contributed by atoms with Gasteiger partial charge in [0.25, 0.3) is 0 Å². The van der Waals surface area contributed by atoms with Crippen molar-refractivity contribution < 1.29 is 9.94 Å². The quantitative estimate of drug-likeness (QED) is 0.421. The maximum atomic E-state index is 9.46. The maximum Gasteiger partial charge on any atom is 0.204 e. The molecule has 0 radical (unpaired) electrons. The zero-order valence-electron chi connectivity index (χ0n) is 13.0. The molecule has 2 aromatic carbocycles. The summed E-state index contributed by atoms with van der Waals surface area (Å²) >= 11 is 3.47.